The number of hydrogen-bond acceptors (Lipinski definition) is 4. The fraction of sp³-hybridized carbons (Fsp3) is 0.667. The van der Waals surface area contributed by atoms with Crippen molar-refractivity contribution in [2.24, 2.45) is 0 Å². The molecular weight excluding hydrogens is 132 g/mol. The van der Waals surface area contributed by atoms with Gasteiger partial charge >= 0.3 is 0 Å². The lowest BCUT2D eigenvalue weighted by molar-refractivity contribution is 0.0516. The molecule has 0 spiro atoms. The Hall–Kier alpha value is -0.900. The first-order valence-corrected chi connectivity index (χ1v) is 3.15. The van der Waals surface area contributed by atoms with E-state index in [0.717, 1.165) is 0 Å². The molecule has 0 saturated heterocycles. The minimum Gasteiger partial charge on any atom is -0.425 e. The molecule has 4 nitrogen and oxygen atoms in total. The zero-order chi connectivity index (χ0) is 7.40. The van der Waals surface area contributed by atoms with Crippen molar-refractivity contribution in [3.63, 3.8) is 0 Å². The molecule has 4 heteroatoms. The second-order valence-electron chi connectivity index (χ2n) is 2.19. The Morgan fingerprint density at radius 1 is 1.70 bits per heavy atom. The summed E-state index contributed by atoms with van der Waals surface area (Å²) in [5.74, 6) is 0.522. The van der Waals surface area contributed by atoms with E-state index in [1.54, 1.807) is 0 Å². The smallest absolute Gasteiger partial charge is 0.241 e. The molecule has 0 aliphatic rings. The van der Waals surface area contributed by atoms with Crippen LogP contribution in [-0.2, 0) is 11.3 Å². The first-order valence-electron chi connectivity index (χ1n) is 3.15. The highest BCUT2D eigenvalue weighted by atomic mass is 16.5. The molecule has 10 heavy (non-hydrogen) atoms. The van der Waals surface area contributed by atoms with E-state index in [1.807, 2.05) is 13.8 Å². The van der Waals surface area contributed by atoms with Crippen LogP contribution in [0.4, 0.5) is 0 Å². The van der Waals surface area contributed by atoms with Crippen molar-refractivity contribution < 1.29 is 9.15 Å². The molecule has 0 unspecified atom stereocenters. The zero-order valence-electron chi connectivity index (χ0n) is 6.07. The van der Waals surface area contributed by atoms with Gasteiger partial charge in [0, 0.05) is 0 Å². The van der Waals surface area contributed by atoms with Gasteiger partial charge in [-0.15, -0.1) is 10.2 Å². The first-order chi connectivity index (χ1) is 4.79. The number of aromatic nitrogens is 2. The first kappa shape index (κ1) is 7.21. The van der Waals surface area contributed by atoms with Crippen molar-refractivity contribution in [1.82, 2.24) is 10.2 Å². The Balaban J connectivity index is 2.28. The lowest BCUT2D eigenvalue weighted by Gasteiger charge is -2.02. The zero-order valence-corrected chi connectivity index (χ0v) is 6.07. The van der Waals surface area contributed by atoms with Crippen LogP contribution in [0.1, 0.15) is 19.7 Å². The molecule has 1 rings (SSSR count). The molecule has 0 aliphatic heterocycles. The van der Waals surface area contributed by atoms with E-state index in [0.29, 0.717) is 12.5 Å². The largest absolute Gasteiger partial charge is 0.425 e. The van der Waals surface area contributed by atoms with Crippen LogP contribution < -0.4 is 0 Å². The maximum absolute atomic E-state index is 5.19. The molecule has 0 atom stereocenters. The Morgan fingerprint density at radius 2 is 2.50 bits per heavy atom. The van der Waals surface area contributed by atoms with Gasteiger partial charge in [0.05, 0.1) is 6.10 Å². The fourth-order valence-electron chi connectivity index (χ4n) is 0.497. The molecule has 0 bridgehead atoms. The molecule has 0 aromatic carbocycles. The van der Waals surface area contributed by atoms with Gasteiger partial charge in [-0.1, -0.05) is 0 Å². The molecule has 0 aliphatic carbocycles. The molecule has 0 N–H and O–H groups in total. The Morgan fingerprint density at radius 3 is 3.00 bits per heavy atom. The molecule has 1 heterocycles. The highest BCUT2D eigenvalue weighted by Crippen LogP contribution is 1.97. The van der Waals surface area contributed by atoms with Gasteiger partial charge in [-0.25, -0.2) is 0 Å². The van der Waals surface area contributed by atoms with E-state index < -0.39 is 0 Å². The van der Waals surface area contributed by atoms with Crippen LogP contribution in [0, 0.1) is 0 Å². The SMILES string of the molecule is CC(C)OCc1nnco1. The Bertz CT molecular complexity index is 172. The van der Waals surface area contributed by atoms with E-state index in [1.165, 1.54) is 6.39 Å². The summed E-state index contributed by atoms with van der Waals surface area (Å²) in [6.45, 7) is 4.31. The van der Waals surface area contributed by atoms with Crippen molar-refractivity contribution in [1.29, 1.82) is 0 Å². The van der Waals surface area contributed by atoms with Gasteiger partial charge in [-0.05, 0) is 13.8 Å². The van der Waals surface area contributed by atoms with Crippen LogP contribution in [0.15, 0.2) is 10.8 Å². The molecule has 0 radical (unpaired) electrons. The van der Waals surface area contributed by atoms with Gasteiger partial charge in [0.1, 0.15) is 6.61 Å². The monoisotopic (exact) mass is 142 g/mol. The summed E-state index contributed by atoms with van der Waals surface area (Å²) in [5, 5.41) is 7.15. The normalized spacial score (nSPS) is 10.7. The van der Waals surface area contributed by atoms with Crippen LogP contribution >= 0.6 is 0 Å². The molecule has 1 aromatic rings. The third-order valence-electron chi connectivity index (χ3n) is 0.945. The number of hydrogen-bond donors (Lipinski definition) is 0. The predicted molar refractivity (Wildman–Crippen MR) is 34.2 cm³/mol. The maximum atomic E-state index is 5.19. The lowest BCUT2D eigenvalue weighted by atomic mass is 10.5. The van der Waals surface area contributed by atoms with Crippen molar-refractivity contribution in [3.8, 4) is 0 Å². The summed E-state index contributed by atoms with van der Waals surface area (Å²) in [5.41, 5.74) is 0. The van der Waals surface area contributed by atoms with E-state index in [2.05, 4.69) is 10.2 Å². The van der Waals surface area contributed by atoms with Crippen LogP contribution in [0.25, 0.3) is 0 Å². The predicted octanol–water partition coefficient (Wildman–Crippen LogP) is 0.995. The highest BCUT2D eigenvalue weighted by molar-refractivity contribution is 4.66. The van der Waals surface area contributed by atoms with Gasteiger partial charge in [0.2, 0.25) is 12.3 Å². The fourth-order valence-corrected chi connectivity index (χ4v) is 0.497. The lowest BCUT2D eigenvalue weighted by Crippen LogP contribution is -2.02. The standard InChI is InChI=1S/C6H10N2O2/c1-5(2)9-3-6-8-7-4-10-6/h4-5H,3H2,1-2H3. The second-order valence-corrected chi connectivity index (χ2v) is 2.19. The van der Waals surface area contributed by atoms with Crippen LogP contribution in [0.3, 0.4) is 0 Å². The van der Waals surface area contributed by atoms with Crippen molar-refractivity contribution in [2.45, 2.75) is 26.6 Å². The number of ether oxygens (including phenoxy) is 1. The third kappa shape index (κ3) is 2.14. The molecule has 0 saturated carbocycles. The van der Waals surface area contributed by atoms with Gasteiger partial charge in [-0.3, -0.25) is 0 Å². The molecule has 0 amide bonds. The summed E-state index contributed by atoms with van der Waals surface area (Å²) >= 11 is 0. The van der Waals surface area contributed by atoms with E-state index in [-0.39, 0.29) is 6.10 Å². The Labute approximate surface area is 59.2 Å². The third-order valence-corrected chi connectivity index (χ3v) is 0.945. The van der Waals surface area contributed by atoms with Crippen LogP contribution in [0.2, 0.25) is 0 Å². The quantitative estimate of drug-likeness (QED) is 0.631. The van der Waals surface area contributed by atoms with Gasteiger partial charge in [-0.2, -0.15) is 0 Å². The van der Waals surface area contributed by atoms with Crippen molar-refractivity contribution in [2.75, 3.05) is 0 Å². The van der Waals surface area contributed by atoms with Crippen LogP contribution in [0.5, 0.6) is 0 Å². The van der Waals surface area contributed by atoms with E-state index in [4.69, 9.17) is 9.15 Å². The summed E-state index contributed by atoms with van der Waals surface area (Å²) in [4.78, 5) is 0. The van der Waals surface area contributed by atoms with E-state index >= 15 is 0 Å². The summed E-state index contributed by atoms with van der Waals surface area (Å²) in [6, 6.07) is 0. The Kier molecular flexibility index (Phi) is 2.39. The topological polar surface area (TPSA) is 48.2 Å². The minimum atomic E-state index is 0.201. The molecular formula is C6H10N2O2. The summed E-state index contributed by atoms with van der Waals surface area (Å²) in [6.07, 6.45) is 1.49. The van der Waals surface area contributed by atoms with Gasteiger partial charge in [0.15, 0.2) is 0 Å². The average molecular weight is 142 g/mol. The van der Waals surface area contributed by atoms with Crippen molar-refractivity contribution in [3.05, 3.63) is 12.3 Å². The summed E-state index contributed by atoms with van der Waals surface area (Å²) in [7, 11) is 0. The van der Waals surface area contributed by atoms with Gasteiger partial charge < -0.3 is 9.15 Å². The molecule has 1 aromatic heterocycles. The average Bonchev–Trinajstić information content (AvgIpc) is 2.34. The van der Waals surface area contributed by atoms with Crippen LogP contribution in [-0.4, -0.2) is 16.3 Å². The molecule has 0 fully saturated rings. The minimum absolute atomic E-state index is 0.201. The second kappa shape index (κ2) is 3.31. The number of rotatable bonds is 3. The van der Waals surface area contributed by atoms with Crippen molar-refractivity contribution >= 4 is 0 Å². The summed E-state index contributed by atoms with van der Waals surface area (Å²) < 4.78 is 10.0. The highest BCUT2D eigenvalue weighted by Gasteiger charge is 1.99. The van der Waals surface area contributed by atoms with E-state index in [9.17, 15) is 0 Å². The van der Waals surface area contributed by atoms with Gasteiger partial charge in [0.25, 0.3) is 0 Å². The number of nitrogens with zero attached hydrogens (tertiary/aromatic N) is 2. The molecule has 56 valence electrons. The maximum Gasteiger partial charge on any atom is 0.241 e.